The van der Waals surface area contributed by atoms with Gasteiger partial charge in [-0.3, -0.25) is 19.1 Å². The standard InChI is InChI=1S/C26H26N4O3S/c1-3-23(24(31)28-16-18-9-8-14-27-15-18)34-26-29-21-12-6-5-11-20(21)25(32)30(26)17-19-10-4-7-13-22(19)33-2/h4-15,23H,3,16-17H2,1-2H3,(H,28,31)/t23-/m1/s1. The Morgan fingerprint density at radius 2 is 1.91 bits per heavy atom. The van der Waals surface area contributed by atoms with Gasteiger partial charge in [-0.1, -0.05) is 55.1 Å². The van der Waals surface area contributed by atoms with Crippen LogP contribution in [0.5, 0.6) is 5.75 Å². The molecule has 2 heterocycles. The Morgan fingerprint density at radius 1 is 1.12 bits per heavy atom. The molecule has 2 aromatic heterocycles. The normalized spacial score (nSPS) is 11.8. The highest BCUT2D eigenvalue weighted by Gasteiger charge is 2.22. The maximum atomic E-state index is 13.5. The minimum atomic E-state index is -0.409. The number of amides is 1. The molecule has 0 radical (unpaired) electrons. The van der Waals surface area contributed by atoms with Gasteiger partial charge >= 0.3 is 0 Å². The van der Waals surface area contributed by atoms with Crippen LogP contribution in [0, 0.1) is 0 Å². The second-order valence-corrected chi connectivity index (χ2v) is 8.88. The van der Waals surface area contributed by atoms with E-state index in [9.17, 15) is 9.59 Å². The molecule has 0 fully saturated rings. The van der Waals surface area contributed by atoms with Crippen molar-refractivity contribution >= 4 is 28.6 Å². The lowest BCUT2D eigenvalue weighted by Crippen LogP contribution is -2.33. The van der Waals surface area contributed by atoms with Crippen LogP contribution < -0.4 is 15.6 Å². The number of aromatic nitrogens is 3. The second-order valence-electron chi connectivity index (χ2n) is 7.71. The molecule has 0 aliphatic heterocycles. The highest BCUT2D eigenvalue weighted by Crippen LogP contribution is 2.27. The molecule has 0 saturated heterocycles. The summed E-state index contributed by atoms with van der Waals surface area (Å²) >= 11 is 1.30. The molecule has 7 nitrogen and oxygen atoms in total. The SMILES string of the molecule is CC[C@@H](Sc1nc2ccccc2c(=O)n1Cc1ccccc1OC)C(=O)NCc1cccnc1. The second kappa shape index (κ2) is 11.0. The summed E-state index contributed by atoms with van der Waals surface area (Å²) in [5.74, 6) is 0.586. The van der Waals surface area contributed by atoms with E-state index >= 15 is 0 Å². The Kier molecular flexibility index (Phi) is 7.59. The van der Waals surface area contributed by atoms with Gasteiger partial charge in [0.25, 0.3) is 5.56 Å². The maximum absolute atomic E-state index is 13.5. The summed E-state index contributed by atoms with van der Waals surface area (Å²) in [7, 11) is 1.61. The van der Waals surface area contributed by atoms with E-state index < -0.39 is 5.25 Å². The fourth-order valence-electron chi connectivity index (χ4n) is 3.64. The van der Waals surface area contributed by atoms with Crippen molar-refractivity contribution in [3.8, 4) is 5.75 Å². The summed E-state index contributed by atoms with van der Waals surface area (Å²) in [6.45, 7) is 2.63. The monoisotopic (exact) mass is 474 g/mol. The van der Waals surface area contributed by atoms with Gasteiger partial charge in [-0.15, -0.1) is 0 Å². The van der Waals surface area contributed by atoms with Gasteiger partial charge in [0.15, 0.2) is 5.16 Å². The van der Waals surface area contributed by atoms with Crippen LogP contribution in [0.3, 0.4) is 0 Å². The van der Waals surface area contributed by atoms with E-state index in [1.54, 1.807) is 30.1 Å². The topological polar surface area (TPSA) is 86.1 Å². The number of hydrogen-bond donors (Lipinski definition) is 1. The fraction of sp³-hybridized carbons (Fsp3) is 0.231. The van der Waals surface area contributed by atoms with Crippen molar-refractivity contribution in [1.29, 1.82) is 0 Å². The van der Waals surface area contributed by atoms with E-state index in [0.29, 0.717) is 34.8 Å². The number of fused-ring (bicyclic) bond motifs is 1. The van der Waals surface area contributed by atoms with E-state index in [2.05, 4.69) is 10.3 Å². The summed E-state index contributed by atoms with van der Waals surface area (Å²) in [6, 6.07) is 18.6. The first kappa shape index (κ1) is 23.5. The summed E-state index contributed by atoms with van der Waals surface area (Å²) in [5, 5.41) is 3.60. The van der Waals surface area contributed by atoms with Crippen molar-refractivity contribution in [2.75, 3.05) is 7.11 Å². The first-order chi connectivity index (χ1) is 16.6. The molecule has 34 heavy (non-hydrogen) atoms. The molecule has 1 N–H and O–H groups in total. The van der Waals surface area contributed by atoms with Gasteiger partial charge < -0.3 is 10.1 Å². The Balaban J connectivity index is 1.66. The predicted octanol–water partition coefficient (Wildman–Crippen LogP) is 4.04. The number of hydrogen-bond acceptors (Lipinski definition) is 6. The van der Waals surface area contributed by atoms with E-state index in [1.807, 2.05) is 61.5 Å². The highest BCUT2D eigenvalue weighted by atomic mass is 32.2. The van der Waals surface area contributed by atoms with Gasteiger partial charge in [-0.25, -0.2) is 4.98 Å². The van der Waals surface area contributed by atoms with Gasteiger partial charge in [0.05, 0.1) is 29.8 Å². The molecule has 1 amide bonds. The minimum Gasteiger partial charge on any atom is -0.496 e. The first-order valence-electron chi connectivity index (χ1n) is 11.1. The van der Waals surface area contributed by atoms with E-state index in [4.69, 9.17) is 9.72 Å². The van der Waals surface area contributed by atoms with E-state index in [0.717, 1.165) is 11.1 Å². The van der Waals surface area contributed by atoms with Crippen LogP contribution in [0.4, 0.5) is 0 Å². The molecule has 0 bridgehead atoms. The minimum absolute atomic E-state index is 0.109. The zero-order valence-electron chi connectivity index (χ0n) is 19.1. The zero-order chi connectivity index (χ0) is 23.9. The lowest BCUT2D eigenvalue weighted by molar-refractivity contribution is -0.120. The fourth-order valence-corrected chi connectivity index (χ4v) is 4.67. The molecule has 4 aromatic rings. The van der Waals surface area contributed by atoms with Crippen LogP contribution in [-0.2, 0) is 17.9 Å². The first-order valence-corrected chi connectivity index (χ1v) is 11.9. The van der Waals surface area contributed by atoms with Crippen molar-refractivity contribution in [3.05, 3.63) is 94.5 Å². The largest absolute Gasteiger partial charge is 0.496 e. The summed E-state index contributed by atoms with van der Waals surface area (Å²) < 4.78 is 7.11. The number of para-hydroxylation sites is 2. The number of nitrogens with one attached hydrogen (secondary N) is 1. The quantitative estimate of drug-likeness (QED) is 0.291. The number of thioether (sulfide) groups is 1. The van der Waals surface area contributed by atoms with Crippen LogP contribution in [0.1, 0.15) is 24.5 Å². The molecule has 4 rings (SSSR count). The third kappa shape index (κ3) is 5.28. The lowest BCUT2D eigenvalue weighted by Gasteiger charge is -2.19. The number of methoxy groups -OCH3 is 1. The van der Waals surface area contributed by atoms with Gasteiger partial charge in [0.2, 0.25) is 5.91 Å². The Bertz CT molecular complexity index is 1340. The molecule has 174 valence electrons. The summed E-state index contributed by atoms with van der Waals surface area (Å²) in [5.41, 5.74) is 2.24. The smallest absolute Gasteiger partial charge is 0.262 e. The van der Waals surface area contributed by atoms with Gasteiger partial charge in [-0.2, -0.15) is 0 Å². The number of carbonyl (C=O) groups is 1. The summed E-state index contributed by atoms with van der Waals surface area (Å²) in [6.07, 6.45) is 4.01. The lowest BCUT2D eigenvalue weighted by atomic mass is 10.2. The summed E-state index contributed by atoms with van der Waals surface area (Å²) in [4.78, 5) is 35.3. The van der Waals surface area contributed by atoms with Crippen molar-refractivity contribution in [2.45, 2.75) is 36.8 Å². The van der Waals surface area contributed by atoms with E-state index in [-0.39, 0.29) is 18.0 Å². The predicted molar refractivity (Wildman–Crippen MR) is 134 cm³/mol. The van der Waals surface area contributed by atoms with Crippen molar-refractivity contribution in [3.63, 3.8) is 0 Å². The van der Waals surface area contributed by atoms with Crippen LogP contribution in [0.25, 0.3) is 10.9 Å². The molecule has 1 atom stereocenters. The van der Waals surface area contributed by atoms with Crippen LogP contribution in [0.2, 0.25) is 0 Å². The molecule has 0 aliphatic carbocycles. The van der Waals surface area contributed by atoms with Gasteiger partial charge in [0, 0.05) is 24.5 Å². The Hall–Kier alpha value is -3.65. The highest BCUT2D eigenvalue weighted by molar-refractivity contribution is 8.00. The molecule has 0 saturated carbocycles. The van der Waals surface area contributed by atoms with Crippen LogP contribution in [-0.4, -0.2) is 32.8 Å². The van der Waals surface area contributed by atoms with Crippen molar-refractivity contribution in [2.24, 2.45) is 0 Å². The average molecular weight is 475 g/mol. The zero-order valence-corrected chi connectivity index (χ0v) is 19.9. The molecule has 0 unspecified atom stereocenters. The van der Waals surface area contributed by atoms with Gasteiger partial charge in [-0.05, 0) is 36.2 Å². The number of pyridine rings is 1. The number of rotatable bonds is 9. The molecule has 0 aliphatic rings. The Labute approximate surface area is 202 Å². The van der Waals surface area contributed by atoms with E-state index in [1.165, 1.54) is 11.8 Å². The maximum Gasteiger partial charge on any atom is 0.262 e. The third-order valence-corrected chi connectivity index (χ3v) is 6.80. The molecular formula is C26H26N4O3S. The molecule has 0 spiro atoms. The molecular weight excluding hydrogens is 448 g/mol. The third-order valence-electron chi connectivity index (χ3n) is 5.45. The van der Waals surface area contributed by atoms with Crippen LogP contribution in [0.15, 0.2) is 83.0 Å². The Morgan fingerprint density at radius 3 is 2.68 bits per heavy atom. The number of ether oxygens (including phenoxy) is 1. The molecule has 2 aromatic carbocycles. The van der Waals surface area contributed by atoms with Gasteiger partial charge in [0.1, 0.15) is 5.75 Å². The average Bonchev–Trinajstić information content (AvgIpc) is 2.88. The number of carbonyl (C=O) groups excluding carboxylic acids is 1. The van der Waals surface area contributed by atoms with Crippen molar-refractivity contribution in [1.82, 2.24) is 19.9 Å². The van der Waals surface area contributed by atoms with Crippen LogP contribution >= 0.6 is 11.8 Å². The van der Waals surface area contributed by atoms with Crippen molar-refractivity contribution < 1.29 is 9.53 Å². The number of nitrogens with zero attached hydrogens (tertiary/aromatic N) is 3. The molecule has 8 heteroatoms. The number of benzene rings is 2.